The van der Waals surface area contributed by atoms with Gasteiger partial charge in [0.1, 0.15) is 6.04 Å². The van der Waals surface area contributed by atoms with Crippen molar-refractivity contribution in [3.63, 3.8) is 0 Å². The Balaban J connectivity index is 2.84. The highest BCUT2D eigenvalue weighted by Crippen LogP contribution is 2.34. The molecule has 0 aliphatic rings. The minimum Gasteiger partial charge on any atom is -0.493 e. The highest BCUT2D eigenvalue weighted by molar-refractivity contribution is 7.98. The van der Waals surface area contributed by atoms with Crippen LogP contribution in [0.3, 0.4) is 0 Å². The molecule has 0 saturated carbocycles. The van der Waals surface area contributed by atoms with Crippen LogP contribution in [0, 0.1) is 0 Å². The lowest BCUT2D eigenvalue weighted by Gasteiger charge is -2.16. The van der Waals surface area contributed by atoms with E-state index in [-0.39, 0.29) is 12.0 Å². The van der Waals surface area contributed by atoms with E-state index in [1.165, 1.54) is 0 Å². The number of carbonyl (C=O) groups is 1. The summed E-state index contributed by atoms with van der Waals surface area (Å²) in [7, 11) is 3.22. The number of hydrogen-bond donors (Lipinski definition) is 1. The van der Waals surface area contributed by atoms with Gasteiger partial charge in [0.25, 0.3) is 0 Å². The standard InChI is InChI=1S/C15H23NO4S/c1-6-20-15(17)10(2)16-9-11-7-12(18-3)13(19-4)8-14(11)21-5/h7-8,10,16H,6,9H2,1-5H3. The van der Waals surface area contributed by atoms with Crippen LogP contribution >= 0.6 is 11.8 Å². The quantitative estimate of drug-likeness (QED) is 0.588. The summed E-state index contributed by atoms with van der Waals surface area (Å²) in [5.74, 6) is 1.13. The molecule has 0 saturated heterocycles. The van der Waals surface area contributed by atoms with Crippen LogP contribution in [0.4, 0.5) is 0 Å². The van der Waals surface area contributed by atoms with E-state index in [9.17, 15) is 4.79 Å². The second kappa shape index (κ2) is 8.79. The molecule has 0 spiro atoms. The Bertz CT molecular complexity index is 479. The summed E-state index contributed by atoms with van der Waals surface area (Å²) >= 11 is 1.62. The fourth-order valence-corrected chi connectivity index (χ4v) is 2.46. The molecule has 0 fully saturated rings. The van der Waals surface area contributed by atoms with Gasteiger partial charge in [0.15, 0.2) is 11.5 Å². The third-order valence-electron chi connectivity index (χ3n) is 3.03. The molecular formula is C15H23NO4S. The molecule has 0 bridgehead atoms. The number of esters is 1. The zero-order valence-corrected chi connectivity index (χ0v) is 14.0. The minimum absolute atomic E-state index is 0.247. The Morgan fingerprint density at radius 2 is 1.90 bits per heavy atom. The van der Waals surface area contributed by atoms with Crippen LogP contribution in [0.25, 0.3) is 0 Å². The molecule has 0 aliphatic heterocycles. The molecular weight excluding hydrogens is 290 g/mol. The first-order chi connectivity index (χ1) is 10.1. The summed E-state index contributed by atoms with van der Waals surface area (Å²) in [5, 5.41) is 3.16. The summed E-state index contributed by atoms with van der Waals surface area (Å²) < 4.78 is 15.6. The van der Waals surface area contributed by atoms with Gasteiger partial charge in [-0.1, -0.05) is 0 Å². The molecule has 1 N–H and O–H groups in total. The van der Waals surface area contributed by atoms with Crippen LogP contribution in [0.1, 0.15) is 19.4 Å². The lowest BCUT2D eigenvalue weighted by atomic mass is 10.2. The molecule has 0 aromatic heterocycles. The van der Waals surface area contributed by atoms with Crippen molar-refractivity contribution in [2.45, 2.75) is 31.3 Å². The average molecular weight is 313 g/mol. The Morgan fingerprint density at radius 1 is 1.29 bits per heavy atom. The van der Waals surface area contributed by atoms with Crippen LogP contribution in [-0.4, -0.2) is 39.1 Å². The normalized spacial score (nSPS) is 11.9. The van der Waals surface area contributed by atoms with Gasteiger partial charge in [-0.25, -0.2) is 0 Å². The van der Waals surface area contributed by atoms with Crippen molar-refractivity contribution in [2.24, 2.45) is 0 Å². The van der Waals surface area contributed by atoms with E-state index in [1.807, 2.05) is 18.4 Å². The summed E-state index contributed by atoms with van der Waals surface area (Å²) in [4.78, 5) is 12.7. The number of benzene rings is 1. The Morgan fingerprint density at radius 3 is 2.43 bits per heavy atom. The Hall–Kier alpha value is -1.40. The van der Waals surface area contributed by atoms with Crippen molar-refractivity contribution >= 4 is 17.7 Å². The van der Waals surface area contributed by atoms with E-state index >= 15 is 0 Å². The fraction of sp³-hybridized carbons (Fsp3) is 0.533. The minimum atomic E-state index is -0.354. The molecule has 118 valence electrons. The van der Waals surface area contributed by atoms with Gasteiger partial charge < -0.3 is 19.5 Å². The summed E-state index contributed by atoms with van der Waals surface area (Å²) in [5.41, 5.74) is 1.05. The molecule has 1 aromatic carbocycles. The van der Waals surface area contributed by atoms with Gasteiger partial charge in [-0.2, -0.15) is 0 Å². The molecule has 0 amide bonds. The fourth-order valence-electron chi connectivity index (χ4n) is 1.84. The first-order valence-electron chi connectivity index (χ1n) is 6.76. The summed E-state index contributed by atoms with van der Waals surface area (Å²) in [6.07, 6.45) is 2.00. The third kappa shape index (κ3) is 4.82. The lowest BCUT2D eigenvalue weighted by molar-refractivity contribution is -0.145. The number of ether oxygens (including phenoxy) is 3. The molecule has 1 atom stereocenters. The molecule has 0 radical (unpaired) electrons. The first kappa shape index (κ1) is 17.7. The van der Waals surface area contributed by atoms with Crippen molar-refractivity contribution in [3.8, 4) is 11.5 Å². The first-order valence-corrected chi connectivity index (χ1v) is 7.98. The van der Waals surface area contributed by atoms with Gasteiger partial charge in [-0.05, 0) is 37.8 Å². The van der Waals surface area contributed by atoms with Crippen molar-refractivity contribution < 1.29 is 19.0 Å². The van der Waals surface area contributed by atoms with Crippen molar-refractivity contribution in [3.05, 3.63) is 17.7 Å². The SMILES string of the molecule is CCOC(=O)C(C)NCc1cc(OC)c(OC)cc1SC. The van der Waals surface area contributed by atoms with Crippen molar-refractivity contribution in [1.29, 1.82) is 0 Å². The maximum absolute atomic E-state index is 11.6. The Kier molecular flexibility index (Phi) is 7.39. The molecule has 1 rings (SSSR count). The highest BCUT2D eigenvalue weighted by atomic mass is 32.2. The monoisotopic (exact) mass is 313 g/mol. The van der Waals surface area contributed by atoms with Gasteiger partial charge in [-0.15, -0.1) is 11.8 Å². The molecule has 6 heteroatoms. The van der Waals surface area contributed by atoms with Gasteiger partial charge in [0.05, 0.1) is 20.8 Å². The van der Waals surface area contributed by atoms with E-state index < -0.39 is 0 Å². The van der Waals surface area contributed by atoms with E-state index in [1.54, 1.807) is 39.8 Å². The molecule has 0 aliphatic carbocycles. The second-order valence-corrected chi connectivity index (χ2v) is 5.22. The maximum atomic E-state index is 11.6. The number of hydrogen-bond acceptors (Lipinski definition) is 6. The van der Waals surface area contributed by atoms with Crippen LogP contribution in [0.2, 0.25) is 0 Å². The number of thioether (sulfide) groups is 1. The lowest BCUT2D eigenvalue weighted by Crippen LogP contribution is -2.35. The topological polar surface area (TPSA) is 56.8 Å². The van der Waals surface area contributed by atoms with E-state index in [0.29, 0.717) is 24.7 Å². The second-order valence-electron chi connectivity index (χ2n) is 4.37. The van der Waals surface area contributed by atoms with E-state index in [2.05, 4.69) is 5.32 Å². The molecule has 21 heavy (non-hydrogen) atoms. The molecule has 1 unspecified atom stereocenters. The third-order valence-corrected chi connectivity index (χ3v) is 3.85. The predicted octanol–water partition coefficient (Wildman–Crippen LogP) is 2.47. The van der Waals surface area contributed by atoms with Gasteiger partial charge in [0, 0.05) is 11.4 Å². The predicted molar refractivity (Wildman–Crippen MR) is 84.3 cm³/mol. The maximum Gasteiger partial charge on any atom is 0.322 e. The van der Waals surface area contributed by atoms with Crippen molar-refractivity contribution in [1.82, 2.24) is 5.32 Å². The number of rotatable bonds is 8. The molecule has 5 nitrogen and oxygen atoms in total. The zero-order valence-electron chi connectivity index (χ0n) is 13.2. The van der Waals surface area contributed by atoms with Gasteiger partial charge >= 0.3 is 5.97 Å². The average Bonchev–Trinajstić information content (AvgIpc) is 2.51. The molecule has 0 heterocycles. The Labute approximate surface area is 130 Å². The van der Waals surface area contributed by atoms with Crippen LogP contribution in [0.15, 0.2) is 17.0 Å². The van der Waals surface area contributed by atoms with Crippen molar-refractivity contribution in [2.75, 3.05) is 27.1 Å². The zero-order chi connectivity index (χ0) is 15.8. The number of nitrogens with one attached hydrogen (secondary N) is 1. The largest absolute Gasteiger partial charge is 0.493 e. The van der Waals surface area contributed by atoms with Gasteiger partial charge in [0.2, 0.25) is 0 Å². The van der Waals surface area contributed by atoms with Crippen LogP contribution in [-0.2, 0) is 16.1 Å². The van der Waals surface area contributed by atoms with E-state index in [4.69, 9.17) is 14.2 Å². The number of methoxy groups -OCH3 is 2. The molecule has 1 aromatic rings. The summed E-state index contributed by atoms with van der Waals surface area (Å²) in [6, 6.07) is 3.51. The highest BCUT2D eigenvalue weighted by Gasteiger charge is 2.15. The van der Waals surface area contributed by atoms with Crippen LogP contribution in [0.5, 0.6) is 11.5 Å². The van der Waals surface area contributed by atoms with Gasteiger partial charge in [-0.3, -0.25) is 4.79 Å². The smallest absolute Gasteiger partial charge is 0.322 e. The van der Waals surface area contributed by atoms with Crippen LogP contribution < -0.4 is 14.8 Å². The van der Waals surface area contributed by atoms with E-state index in [0.717, 1.165) is 10.5 Å². The number of carbonyl (C=O) groups excluding carboxylic acids is 1. The summed E-state index contributed by atoms with van der Waals surface area (Å²) in [6.45, 7) is 4.52.